The number of fused-ring (bicyclic) bond motifs is 1. The van der Waals surface area contributed by atoms with E-state index in [0.717, 1.165) is 24.0 Å². The molecule has 0 amide bonds. The first-order valence-electron chi connectivity index (χ1n) is 12.9. The second-order valence-corrected chi connectivity index (χ2v) is 11.6. The molecule has 4 nitrogen and oxygen atoms in total. The van der Waals surface area contributed by atoms with Crippen molar-refractivity contribution >= 4 is 5.97 Å². The Balaban J connectivity index is 1.49. The van der Waals surface area contributed by atoms with Gasteiger partial charge in [0.05, 0.1) is 12.2 Å². The number of allylic oxidation sites excluding steroid dienone is 3. The van der Waals surface area contributed by atoms with Gasteiger partial charge in [0, 0.05) is 17.4 Å². The number of hydrogen-bond donors (Lipinski definition) is 2. The van der Waals surface area contributed by atoms with Crippen LogP contribution in [-0.4, -0.2) is 34.5 Å². The molecular weight excluding hydrogens is 412 g/mol. The Morgan fingerprint density at radius 3 is 2.58 bits per heavy atom. The van der Waals surface area contributed by atoms with Gasteiger partial charge in [0.15, 0.2) is 0 Å². The van der Waals surface area contributed by atoms with Gasteiger partial charge in [0.25, 0.3) is 0 Å². The van der Waals surface area contributed by atoms with Gasteiger partial charge in [-0.1, -0.05) is 58.6 Å². The SMILES string of the molecule is C=C1/C(=C\C=C2/CCC[C@]3(C)[C@@H]([C@H](C)C[C@@H]4OC(=O)C(=C)[C@H]4C)CC[C@@H]23)C[C@@H](O)C(C)[C@@H]1O. The molecule has 1 heterocycles. The summed E-state index contributed by atoms with van der Waals surface area (Å²) in [7, 11) is 0. The third-order valence-corrected chi connectivity index (χ3v) is 9.76. The van der Waals surface area contributed by atoms with Gasteiger partial charge in [-0.15, -0.1) is 0 Å². The molecule has 0 aromatic carbocycles. The number of ether oxygens (including phenoxy) is 1. The van der Waals surface area contributed by atoms with Crippen LogP contribution in [0.15, 0.2) is 47.6 Å². The third kappa shape index (κ3) is 4.30. The zero-order valence-electron chi connectivity index (χ0n) is 20.8. The van der Waals surface area contributed by atoms with Crippen molar-refractivity contribution in [1.29, 1.82) is 0 Å². The molecule has 4 aliphatic rings. The summed E-state index contributed by atoms with van der Waals surface area (Å²) >= 11 is 0. The summed E-state index contributed by atoms with van der Waals surface area (Å²) in [6.07, 6.45) is 10.6. The molecule has 0 aromatic rings. The molecule has 4 rings (SSSR count). The summed E-state index contributed by atoms with van der Waals surface area (Å²) in [6.45, 7) is 16.8. The van der Waals surface area contributed by atoms with Crippen molar-refractivity contribution in [2.75, 3.05) is 0 Å². The van der Waals surface area contributed by atoms with Crippen LogP contribution in [-0.2, 0) is 9.53 Å². The van der Waals surface area contributed by atoms with Crippen molar-refractivity contribution in [1.82, 2.24) is 0 Å². The van der Waals surface area contributed by atoms with E-state index in [2.05, 4.69) is 46.1 Å². The number of hydrogen-bond acceptors (Lipinski definition) is 4. The van der Waals surface area contributed by atoms with E-state index in [1.165, 1.54) is 31.3 Å². The lowest BCUT2D eigenvalue weighted by molar-refractivity contribution is -0.140. The smallest absolute Gasteiger partial charge is 0.334 e. The molecule has 9 atom stereocenters. The van der Waals surface area contributed by atoms with E-state index in [1.807, 2.05) is 6.92 Å². The van der Waals surface area contributed by atoms with Crippen LogP contribution in [0.2, 0.25) is 0 Å². The minimum atomic E-state index is -0.671. The number of aliphatic hydroxyl groups is 2. The first-order valence-corrected chi connectivity index (χ1v) is 12.9. The van der Waals surface area contributed by atoms with Crippen molar-refractivity contribution in [3.63, 3.8) is 0 Å². The van der Waals surface area contributed by atoms with Crippen LogP contribution >= 0.6 is 0 Å². The van der Waals surface area contributed by atoms with E-state index in [9.17, 15) is 15.0 Å². The molecule has 4 heteroatoms. The standard InChI is InChI=1S/C29H42O4/c1-16(14-26-17(2)18(3)28(32)33-26)23-11-12-24-21(8-7-13-29(23,24)6)9-10-22-15-25(30)20(5)27(31)19(22)4/h9-10,16-17,20,23-27,30-31H,3-4,7-8,11-15H2,1-2,5-6H3/b21-9+,22-10-/t16-,17-,20?,23-,24+,25-,26+,27-,29-/m1/s1. The van der Waals surface area contributed by atoms with E-state index in [-0.39, 0.29) is 29.3 Å². The molecule has 1 saturated heterocycles. The van der Waals surface area contributed by atoms with Crippen molar-refractivity contribution in [2.24, 2.45) is 35.0 Å². The Kier molecular flexibility index (Phi) is 6.81. The van der Waals surface area contributed by atoms with Crippen LogP contribution in [0.4, 0.5) is 0 Å². The fraction of sp³-hybridized carbons (Fsp3) is 0.690. The average molecular weight is 455 g/mol. The molecule has 182 valence electrons. The van der Waals surface area contributed by atoms with E-state index in [1.54, 1.807) is 0 Å². The first-order chi connectivity index (χ1) is 15.5. The van der Waals surface area contributed by atoms with Crippen LogP contribution in [0.5, 0.6) is 0 Å². The van der Waals surface area contributed by atoms with Crippen molar-refractivity contribution in [3.05, 3.63) is 47.6 Å². The molecule has 0 radical (unpaired) electrons. The minimum absolute atomic E-state index is 0.0384. The number of esters is 1. The number of carbonyl (C=O) groups is 1. The lowest BCUT2D eigenvalue weighted by atomic mass is 9.60. The molecule has 4 fully saturated rings. The van der Waals surface area contributed by atoms with Crippen molar-refractivity contribution in [3.8, 4) is 0 Å². The fourth-order valence-corrected chi connectivity index (χ4v) is 7.37. The maximum atomic E-state index is 11.9. The van der Waals surface area contributed by atoms with Gasteiger partial charge in [-0.05, 0) is 79.3 Å². The van der Waals surface area contributed by atoms with Gasteiger partial charge in [-0.2, -0.15) is 0 Å². The monoisotopic (exact) mass is 454 g/mol. The van der Waals surface area contributed by atoms with Gasteiger partial charge >= 0.3 is 5.97 Å². The normalized spacial score (nSPS) is 44.9. The average Bonchev–Trinajstić information content (AvgIpc) is 3.25. The van der Waals surface area contributed by atoms with Gasteiger partial charge in [-0.25, -0.2) is 4.79 Å². The van der Waals surface area contributed by atoms with E-state index in [4.69, 9.17) is 4.74 Å². The minimum Gasteiger partial charge on any atom is -0.458 e. The maximum absolute atomic E-state index is 11.9. The summed E-state index contributed by atoms with van der Waals surface area (Å²) in [5.74, 6) is 1.40. The highest BCUT2D eigenvalue weighted by molar-refractivity contribution is 5.90. The molecule has 1 aliphatic heterocycles. The summed E-state index contributed by atoms with van der Waals surface area (Å²) in [5.41, 5.74) is 4.13. The van der Waals surface area contributed by atoms with Gasteiger partial charge in [-0.3, -0.25) is 0 Å². The lowest BCUT2D eigenvalue weighted by Crippen LogP contribution is -2.37. The van der Waals surface area contributed by atoms with Gasteiger partial charge in [0.2, 0.25) is 0 Å². The molecule has 33 heavy (non-hydrogen) atoms. The Morgan fingerprint density at radius 1 is 1.18 bits per heavy atom. The molecule has 0 aromatic heterocycles. The molecule has 0 bridgehead atoms. The second-order valence-electron chi connectivity index (χ2n) is 11.6. The summed E-state index contributed by atoms with van der Waals surface area (Å²) < 4.78 is 5.64. The number of rotatable bonds is 4. The molecule has 0 spiro atoms. The van der Waals surface area contributed by atoms with Gasteiger partial charge in [0.1, 0.15) is 6.10 Å². The van der Waals surface area contributed by atoms with Crippen molar-refractivity contribution in [2.45, 2.75) is 91.0 Å². The van der Waals surface area contributed by atoms with Crippen LogP contribution in [0, 0.1) is 35.0 Å². The fourth-order valence-electron chi connectivity index (χ4n) is 7.37. The topological polar surface area (TPSA) is 66.8 Å². The van der Waals surface area contributed by atoms with E-state index >= 15 is 0 Å². The Bertz CT molecular complexity index is 882. The highest BCUT2D eigenvalue weighted by Gasteiger charge is 2.51. The molecule has 3 saturated carbocycles. The van der Waals surface area contributed by atoms with Gasteiger partial charge < -0.3 is 14.9 Å². The lowest BCUT2D eigenvalue weighted by Gasteiger charge is -2.44. The van der Waals surface area contributed by atoms with Crippen LogP contribution in [0.3, 0.4) is 0 Å². The summed E-state index contributed by atoms with van der Waals surface area (Å²) in [5, 5.41) is 20.8. The third-order valence-electron chi connectivity index (χ3n) is 9.76. The molecule has 2 N–H and O–H groups in total. The zero-order valence-corrected chi connectivity index (χ0v) is 20.8. The Morgan fingerprint density at radius 2 is 1.91 bits per heavy atom. The Hall–Kier alpha value is -1.65. The quantitative estimate of drug-likeness (QED) is 0.434. The second kappa shape index (κ2) is 9.19. The Labute approximate surface area is 199 Å². The maximum Gasteiger partial charge on any atom is 0.334 e. The number of aliphatic hydroxyl groups excluding tert-OH is 2. The van der Waals surface area contributed by atoms with Crippen LogP contribution in [0.25, 0.3) is 0 Å². The molecular formula is C29H42O4. The predicted octanol–water partition coefficient (Wildman–Crippen LogP) is 5.52. The van der Waals surface area contributed by atoms with E-state index in [0.29, 0.717) is 29.7 Å². The highest BCUT2D eigenvalue weighted by Crippen LogP contribution is 2.60. The number of cyclic esters (lactones) is 1. The van der Waals surface area contributed by atoms with Crippen LogP contribution in [0.1, 0.15) is 72.6 Å². The number of carbonyl (C=O) groups excluding carboxylic acids is 1. The predicted molar refractivity (Wildman–Crippen MR) is 131 cm³/mol. The highest BCUT2D eigenvalue weighted by atomic mass is 16.6. The zero-order chi connectivity index (χ0) is 24.1. The largest absolute Gasteiger partial charge is 0.458 e. The first kappa shape index (κ1) is 24.5. The summed E-state index contributed by atoms with van der Waals surface area (Å²) in [4.78, 5) is 11.9. The molecule has 1 unspecified atom stereocenters. The van der Waals surface area contributed by atoms with E-state index < -0.39 is 12.2 Å². The van der Waals surface area contributed by atoms with Crippen LogP contribution < -0.4 is 0 Å². The summed E-state index contributed by atoms with van der Waals surface area (Å²) in [6, 6.07) is 0. The molecule has 3 aliphatic carbocycles. The van der Waals surface area contributed by atoms with Crippen molar-refractivity contribution < 1.29 is 19.7 Å².